The third-order valence-corrected chi connectivity index (χ3v) is 3.79. The number of hydrogen-bond acceptors (Lipinski definition) is 6. The van der Waals surface area contributed by atoms with Crippen molar-refractivity contribution in [1.82, 2.24) is 20.3 Å². The van der Waals surface area contributed by atoms with Gasteiger partial charge in [-0.25, -0.2) is 14.8 Å². The van der Waals surface area contributed by atoms with Crippen LogP contribution in [0.1, 0.15) is 16.9 Å². The maximum absolute atomic E-state index is 12.5. The van der Waals surface area contributed by atoms with E-state index in [9.17, 15) is 19.2 Å². The van der Waals surface area contributed by atoms with E-state index in [1.54, 1.807) is 24.3 Å². The van der Waals surface area contributed by atoms with Gasteiger partial charge in [0.1, 0.15) is 5.69 Å². The molecule has 148 valence electrons. The predicted octanol–water partition coefficient (Wildman–Crippen LogP) is 0.567. The fourth-order valence-electron chi connectivity index (χ4n) is 2.44. The van der Waals surface area contributed by atoms with Crippen molar-refractivity contribution in [2.45, 2.75) is 6.42 Å². The predicted molar refractivity (Wildman–Crippen MR) is 105 cm³/mol. The van der Waals surface area contributed by atoms with Gasteiger partial charge < -0.3 is 26.7 Å². The van der Waals surface area contributed by atoms with Crippen LogP contribution in [-0.4, -0.2) is 39.3 Å². The lowest BCUT2D eigenvalue weighted by Gasteiger charge is -2.09. The Hall–Kier alpha value is -4.28. The first-order chi connectivity index (χ1) is 13.9. The number of benzene rings is 1. The summed E-state index contributed by atoms with van der Waals surface area (Å²) in [5.74, 6) is -1.05. The number of anilines is 2. The van der Waals surface area contributed by atoms with Gasteiger partial charge >= 0.3 is 6.03 Å². The largest absolute Gasteiger partial charge is 0.370 e. The van der Waals surface area contributed by atoms with Crippen LogP contribution >= 0.6 is 0 Å². The van der Waals surface area contributed by atoms with Gasteiger partial charge in [-0.15, -0.1) is 0 Å². The third kappa shape index (κ3) is 5.13. The van der Waals surface area contributed by atoms with E-state index in [2.05, 4.69) is 30.9 Å². The number of amides is 4. The summed E-state index contributed by atoms with van der Waals surface area (Å²) in [7, 11) is 0. The van der Waals surface area contributed by atoms with Crippen molar-refractivity contribution < 1.29 is 14.4 Å². The zero-order valence-corrected chi connectivity index (χ0v) is 15.1. The minimum absolute atomic E-state index is 0.0284. The van der Waals surface area contributed by atoms with Gasteiger partial charge in [-0.1, -0.05) is 6.07 Å². The molecule has 1 aromatic carbocycles. The highest BCUT2D eigenvalue weighted by molar-refractivity contribution is 6.04. The number of nitrogens with one attached hydrogen (secondary N) is 4. The summed E-state index contributed by atoms with van der Waals surface area (Å²) >= 11 is 0. The molecule has 29 heavy (non-hydrogen) atoms. The first-order valence-electron chi connectivity index (χ1n) is 8.50. The van der Waals surface area contributed by atoms with Crippen molar-refractivity contribution in [3.8, 4) is 0 Å². The monoisotopic (exact) mass is 395 g/mol. The molecule has 3 rings (SSSR count). The molecule has 0 aliphatic heterocycles. The van der Waals surface area contributed by atoms with Gasteiger partial charge in [-0.2, -0.15) is 0 Å². The fourth-order valence-corrected chi connectivity index (χ4v) is 2.44. The van der Waals surface area contributed by atoms with E-state index in [0.717, 1.165) is 0 Å². The number of primary amides is 1. The quantitative estimate of drug-likeness (QED) is 0.408. The van der Waals surface area contributed by atoms with Crippen LogP contribution in [0.5, 0.6) is 0 Å². The number of H-pyrrole nitrogens is 1. The number of aromatic amines is 1. The molecular weight excluding hydrogens is 378 g/mol. The highest BCUT2D eigenvalue weighted by atomic mass is 16.2. The second kappa shape index (κ2) is 8.61. The van der Waals surface area contributed by atoms with Crippen LogP contribution in [0.15, 0.2) is 47.7 Å². The number of carbonyl (C=O) groups is 3. The first-order valence-corrected chi connectivity index (χ1v) is 8.50. The minimum Gasteiger partial charge on any atom is -0.370 e. The van der Waals surface area contributed by atoms with Gasteiger partial charge in [0, 0.05) is 24.3 Å². The number of nitrogens with zero attached hydrogens (tertiary/aromatic N) is 2. The molecule has 11 heteroatoms. The van der Waals surface area contributed by atoms with E-state index >= 15 is 0 Å². The van der Waals surface area contributed by atoms with Crippen molar-refractivity contribution in [2.24, 2.45) is 5.73 Å². The average molecular weight is 395 g/mol. The molecule has 4 amide bonds. The Morgan fingerprint density at radius 3 is 2.59 bits per heavy atom. The van der Waals surface area contributed by atoms with Gasteiger partial charge in [0.15, 0.2) is 0 Å². The lowest BCUT2D eigenvalue weighted by atomic mass is 10.2. The Morgan fingerprint density at radius 1 is 1.07 bits per heavy atom. The van der Waals surface area contributed by atoms with Crippen LogP contribution in [0.4, 0.5) is 16.2 Å². The van der Waals surface area contributed by atoms with Crippen LogP contribution < -0.4 is 27.2 Å². The lowest BCUT2D eigenvalue weighted by molar-refractivity contribution is -0.117. The molecule has 0 saturated heterocycles. The maximum Gasteiger partial charge on any atom is 0.319 e. The van der Waals surface area contributed by atoms with E-state index in [1.807, 2.05) is 0 Å². The zero-order valence-electron chi connectivity index (χ0n) is 15.1. The highest BCUT2D eigenvalue weighted by Crippen LogP contribution is 2.16. The molecule has 0 fully saturated rings. The fraction of sp³-hybridized carbons (Fsp3) is 0.111. The molecule has 6 N–H and O–H groups in total. The molecule has 0 radical (unpaired) electrons. The highest BCUT2D eigenvalue weighted by Gasteiger charge is 2.11. The molecule has 2 heterocycles. The number of hydrogen-bond donors (Lipinski definition) is 5. The van der Waals surface area contributed by atoms with Crippen LogP contribution in [-0.2, 0) is 4.79 Å². The van der Waals surface area contributed by atoms with Crippen LogP contribution in [0.2, 0.25) is 0 Å². The van der Waals surface area contributed by atoms with Crippen molar-refractivity contribution in [3.05, 3.63) is 58.9 Å². The van der Waals surface area contributed by atoms with E-state index in [0.29, 0.717) is 16.9 Å². The Balaban J connectivity index is 1.67. The molecule has 0 aliphatic rings. The SMILES string of the molecule is NC(=O)CCNC(=O)Nc1cccc(NC(=O)c2cc3c(=O)[nH]cnc3cn2)c1. The molecule has 0 bridgehead atoms. The van der Waals surface area contributed by atoms with Gasteiger partial charge in [0.2, 0.25) is 5.91 Å². The summed E-state index contributed by atoms with van der Waals surface area (Å²) in [5.41, 5.74) is 5.88. The Morgan fingerprint density at radius 2 is 1.83 bits per heavy atom. The van der Waals surface area contributed by atoms with Gasteiger partial charge in [0.05, 0.1) is 23.4 Å². The number of carbonyl (C=O) groups excluding carboxylic acids is 3. The Labute approximate surface area is 163 Å². The van der Waals surface area contributed by atoms with Crippen LogP contribution in [0.3, 0.4) is 0 Å². The van der Waals surface area contributed by atoms with Crippen molar-refractivity contribution in [1.29, 1.82) is 0 Å². The number of aromatic nitrogens is 3. The molecule has 2 aromatic heterocycles. The lowest BCUT2D eigenvalue weighted by Crippen LogP contribution is -2.31. The van der Waals surface area contributed by atoms with Gasteiger partial charge in [-0.05, 0) is 24.3 Å². The standard InChI is InChI=1S/C18H17N7O4/c19-15(26)4-5-20-18(29)25-11-3-1-2-10(6-11)24-17(28)13-7-12-14(8-21-13)22-9-23-16(12)27/h1-3,6-9H,4-5H2,(H2,19,26)(H,24,28)(H2,20,25,29)(H,22,23,27). The summed E-state index contributed by atoms with van der Waals surface area (Å²) in [6, 6.07) is 7.27. The molecule has 11 nitrogen and oxygen atoms in total. The molecule has 0 unspecified atom stereocenters. The number of rotatable bonds is 6. The Bertz CT molecular complexity index is 1140. The molecule has 3 aromatic rings. The van der Waals surface area contributed by atoms with Gasteiger partial charge in [0.25, 0.3) is 11.5 Å². The third-order valence-electron chi connectivity index (χ3n) is 3.79. The second-order valence-electron chi connectivity index (χ2n) is 5.95. The van der Waals surface area contributed by atoms with Crippen molar-refractivity contribution in [3.63, 3.8) is 0 Å². The zero-order chi connectivity index (χ0) is 20.8. The smallest absolute Gasteiger partial charge is 0.319 e. The maximum atomic E-state index is 12.5. The first kappa shape index (κ1) is 19.5. The summed E-state index contributed by atoms with van der Waals surface area (Å²) in [4.78, 5) is 57.2. The van der Waals surface area contributed by atoms with E-state index < -0.39 is 17.8 Å². The van der Waals surface area contributed by atoms with E-state index in [4.69, 9.17) is 5.73 Å². The average Bonchev–Trinajstić information content (AvgIpc) is 2.68. The molecule has 0 atom stereocenters. The van der Waals surface area contributed by atoms with E-state index in [1.165, 1.54) is 18.6 Å². The summed E-state index contributed by atoms with van der Waals surface area (Å²) in [6.07, 6.45) is 2.63. The van der Waals surface area contributed by atoms with Gasteiger partial charge in [-0.3, -0.25) is 14.4 Å². The van der Waals surface area contributed by atoms with E-state index in [-0.39, 0.29) is 29.6 Å². The van der Waals surface area contributed by atoms with Crippen molar-refractivity contribution in [2.75, 3.05) is 17.2 Å². The number of nitrogens with two attached hydrogens (primary N) is 1. The van der Waals surface area contributed by atoms with Crippen LogP contribution in [0, 0.1) is 0 Å². The van der Waals surface area contributed by atoms with Crippen LogP contribution in [0.25, 0.3) is 10.9 Å². The summed E-state index contributed by atoms with van der Waals surface area (Å²) < 4.78 is 0. The normalized spacial score (nSPS) is 10.3. The summed E-state index contributed by atoms with van der Waals surface area (Å²) in [5, 5.41) is 7.96. The molecule has 0 spiro atoms. The number of urea groups is 1. The number of fused-ring (bicyclic) bond motifs is 1. The minimum atomic E-state index is -0.529. The summed E-state index contributed by atoms with van der Waals surface area (Å²) in [6.45, 7) is 0.110. The molecule has 0 aliphatic carbocycles. The topological polar surface area (TPSA) is 172 Å². The second-order valence-corrected chi connectivity index (χ2v) is 5.95. The Kier molecular flexibility index (Phi) is 5.78. The molecule has 0 saturated carbocycles. The number of pyridine rings is 1. The van der Waals surface area contributed by atoms with Crippen molar-refractivity contribution >= 4 is 40.1 Å². The molecular formula is C18H17N7O4.